The molecule has 27 heavy (non-hydrogen) atoms. The van der Waals surface area contributed by atoms with E-state index in [1.807, 2.05) is 30.3 Å². The van der Waals surface area contributed by atoms with Gasteiger partial charge in [-0.3, -0.25) is 4.79 Å². The van der Waals surface area contributed by atoms with Crippen molar-refractivity contribution in [3.8, 4) is 6.07 Å². The first-order chi connectivity index (χ1) is 13.1. The Morgan fingerprint density at radius 2 is 1.74 bits per heavy atom. The monoisotopic (exact) mass is 357 g/mol. The number of rotatable bonds is 5. The van der Waals surface area contributed by atoms with Gasteiger partial charge in [-0.2, -0.15) is 5.26 Å². The van der Waals surface area contributed by atoms with Gasteiger partial charge in [0.1, 0.15) is 23.9 Å². The van der Waals surface area contributed by atoms with Gasteiger partial charge in [-0.25, -0.2) is 9.97 Å². The van der Waals surface area contributed by atoms with Crippen molar-refractivity contribution in [2.75, 3.05) is 10.6 Å². The topological polar surface area (TPSA) is 90.7 Å². The first kappa shape index (κ1) is 18.1. The maximum atomic E-state index is 12.6. The second-order valence-electron chi connectivity index (χ2n) is 6.27. The van der Waals surface area contributed by atoms with Crippen LogP contribution >= 0.6 is 0 Å². The highest BCUT2D eigenvalue weighted by atomic mass is 16.1. The van der Waals surface area contributed by atoms with Gasteiger partial charge in [-0.15, -0.1) is 0 Å². The minimum atomic E-state index is -0.317. The van der Waals surface area contributed by atoms with Crippen LogP contribution in [-0.2, 0) is 0 Å². The fraction of sp³-hybridized carbons (Fsp3) is 0.143. The summed E-state index contributed by atoms with van der Waals surface area (Å²) >= 11 is 0. The van der Waals surface area contributed by atoms with E-state index in [2.05, 4.69) is 40.5 Å². The lowest BCUT2D eigenvalue weighted by molar-refractivity contribution is 0.102. The summed E-state index contributed by atoms with van der Waals surface area (Å²) in [5.41, 5.74) is 3.17. The van der Waals surface area contributed by atoms with Crippen molar-refractivity contribution < 1.29 is 4.79 Å². The van der Waals surface area contributed by atoms with Crippen molar-refractivity contribution >= 4 is 23.1 Å². The molecule has 2 N–H and O–H groups in total. The van der Waals surface area contributed by atoms with Gasteiger partial charge in [0, 0.05) is 11.8 Å². The highest BCUT2D eigenvalue weighted by Crippen LogP contribution is 2.24. The van der Waals surface area contributed by atoms with Crippen molar-refractivity contribution in [3.05, 3.63) is 77.7 Å². The normalized spacial score (nSPS) is 10.3. The van der Waals surface area contributed by atoms with Crippen molar-refractivity contribution in [3.63, 3.8) is 0 Å². The average molecular weight is 357 g/mol. The summed E-state index contributed by atoms with van der Waals surface area (Å²) in [7, 11) is 0. The lowest BCUT2D eigenvalue weighted by atomic mass is 10.0. The highest BCUT2D eigenvalue weighted by molar-refractivity contribution is 6.03. The van der Waals surface area contributed by atoms with Crippen LogP contribution in [0.1, 0.15) is 41.4 Å². The van der Waals surface area contributed by atoms with Crippen LogP contribution in [0.3, 0.4) is 0 Å². The number of hydrogen-bond donors (Lipinski definition) is 2. The number of nitrogens with one attached hydrogen (secondary N) is 2. The number of carbonyl (C=O) groups excluding carboxylic acids is 1. The summed E-state index contributed by atoms with van der Waals surface area (Å²) in [5, 5.41) is 15.2. The lowest BCUT2D eigenvalue weighted by Gasteiger charge is -2.13. The molecule has 134 valence electrons. The Morgan fingerprint density at radius 1 is 1.04 bits per heavy atom. The van der Waals surface area contributed by atoms with E-state index in [9.17, 15) is 10.1 Å². The average Bonchev–Trinajstić information content (AvgIpc) is 2.69. The Bertz CT molecular complexity index is 1010. The van der Waals surface area contributed by atoms with Gasteiger partial charge in [0.25, 0.3) is 5.91 Å². The molecule has 1 aromatic heterocycles. The number of anilines is 3. The molecule has 0 aliphatic carbocycles. The molecule has 0 spiro atoms. The molecule has 0 aliphatic rings. The molecule has 0 bridgehead atoms. The van der Waals surface area contributed by atoms with Gasteiger partial charge in [0.2, 0.25) is 0 Å². The zero-order valence-corrected chi connectivity index (χ0v) is 15.1. The van der Waals surface area contributed by atoms with Crippen molar-refractivity contribution in [2.24, 2.45) is 0 Å². The number of aromatic nitrogens is 2. The van der Waals surface area contributed by atoms with Crippen LogP contribution in [0.4, 0.5) is 17.2 Å². The molecule has 0 fully saturated rings. The van der Waals surface area contributed by atoms with E-state index < -0.39 is 0 Å². The van der Waals surface area contributed by atoms with Crippen LogP contribution in [-0.4, -0.2) is 15.9 Å². The van der Waals surface area contributed by atoms with Crippen molar-refractivity contribution in [1.82, 2.24) is 9.97 Å². The molecule has 0 saturated carbocycles. The number of nitriles is 1. The van der Waals surface area contributed by atoms with E-state index in [-0.39, 0.29) is 17.5 Å². The van der Waals surface area contributed by atoms with Gasteiger partial charge < -0.3 is 10.6 Å². The summed E-state index contributed by atoms with van der Waals surface area (Å²) in [6, 6.07) is 18.5. The predicted molar refractivity (Wildman–Crippen MR) is 105 cm³/mol. The van der Waals surface area contributed by atoms with E-state index in [0.29, 0.717) is 17.1 Å². The SMILES string of the molecule is CC(C)c1ccccc1NC(=O)c1cc(Nc2ccccc2C#N)ncn1. The van der Waals surface area contributed by atoms with Gasteiger partial charge in [-0.1, -0.05) is 44.2 Å². The zero-order chi connectivity index (χ0) is 19.2. The van der Waals surface area contributed by atoms with E-state index in [4.69, 9.17) is 0 Å². The highest BCUT2D eigenvalue weighted by Gasteiger charge is 2.13. The third kappa shape index (κ3) is 4.28. The largest absolute Gasteiger partial charge is 0.339 e. The minimum Gasteiger partial charge on any atom is -0.339 e. The van der Waals surface area contributed by atoms with Gasteiger partial charge in [0.15, 0.2) is 0 Å². The summed E-state index contributed by atoms with van der Waals surface area (Å²) < 4.78 is 0. The number of amides is 1. The van der Waals surface area contributed by atoms with Crippen LogP contribution in [0.15, 0.2) is 60.9 Å². The van der Waals surface area contributed by atoms with E-state index in [1.165, 1.54) is 6.33 Å². The number of hydrogen-bond acceptors (Lipinski definition) is 5. The first-order valence-electron chi connectivity index (χ1n) is 8.57. The van der Waals surface area contributed by atoms with Crippen LogP contribution in [0.25, 0.3) is 0 Å². The molecule has 1 amide bonds. The number of para-hydroxylation sites is 2. The van der Waals surface area contributed by atoms with Crippen molar-refractivity contribution in [2.45, 2.75) is 19.8 Å². The molecular weight excluding hydrogens is 338 g/mol. The van der Waals surface area contributed by atoms with Gasteiger partial charge in [-0.05, 0) is 29.7 Å². The molecule has 0 atom stereocenters. The summed E-state index contributed by atoms with van der Waals surface area (Å²) in [5.74, 6) is 0.406. The molecule has 1 heterocycles. The number of nitrogens with zero attached hydrogens (tertiary/aromatic N) is 3. The van der Waals surface area contributed by atoms with E-state index >= 15 is 0 Å². The Morgan fingerprint density at radius 3 is 2.48 bits per heavy atom. The Hall–Kier alpha value is -3.72. The predicted octanol–water partition coefficient (Wildman–Crippen LogP) is 4.47. The number of carbonyl (C=O) groups is 1. The standard InChI is InChI=1S/C21H19N5O/c1-14(2)16-8-4-6-10-18(16)26-21(27)19-11-20(24-13-23-19)25-17-9-5-3-7-15(17)12-22/h3-11,13-14H,1-2H3,(H,26,27)(H,23,24,25). The molecule has 3 aromatic rings. The second-order valence-corrected chi connectivity index (χ2v) is 6.27. The molecule has 3 rings (SSSR count). The zero-order valence-electron chi connectivity index (χ0n) is 15.1. The van der Waals surface area contributed by atoms with Crippen LogP contribution in [0.5, 0.6) is 0 Å². The summed E-state index contributed by atoms with van der Waals surface area (Å²) in [4.78, 5) is 20.8. The van der Waals surface area contributed by atoms with E-state index in [1.54, 1.807) is 24.3 Å². The molecule has 0 unspecified atom stereocenters. The molecule has 6 heteroatoms. The Balaban J connectivity index is 1.82. The van der Waals surface area contributed by atoms with Crippen LogP contribution < -0.4 is 10.6 Å². The molecular formula is C21H19N5O. The van der Waals surface area contributed by atoms with Gasteiger partial charge >= 0.3 is 0 Å². The summed E-state index contributed by atoms with van der Waals surface area (Å²) in [6.45, 7) is 4.15. The van der Waals surface area contributed by atoms with E-state index in [0.717, 1.165) is 11.3 Å². The van der Waals surface area contributed by atoms with Gasteiger partial charge in [0.05, 0.1) is 11.3 Å². The molecule has 0 aliphatic heterocycles. The third-order valence-corrected chi connectivity index (χ3v) is 4.04. The molecule has 2 aromatic carbocycles. The Labute approximate surface area is 157 Å². The first-order valence-corrected chi connectivity index (χ1v) is 8.57. The lowest BCUT2D eigenvalue weighted by Crippen LogP contribution is -2.15. The molecule has 0 radical (unpaired) electrons. The number of benzene rings is 2. The van der Waals surface area contributed by atoms with Crippen LogP contribution in [0.2, 0.25) is 0 Å². The fourth-order valence-electron chi connectivity index (χ4n) is 2.68. The minimum absolute atomic E-state index is 0.237. The summed E-state index contributed by atoms with van der Waals surface area (Å²) in [6.07, 6.45) is 1.32. The maximum Gasteiger partial charge on any atom is 0.274 e. The fourth-order valence-corrected chi connectivity index (χ4v) is 2.68. The Kier molecular flexibility index (Phi) is 5.43. The smallest absolute Gasteiger partial charge is 0.274 e. The second kappa shape index (κ2) is 8.11. The molecule has 6 nitrogen and oxygen atoms in total. The molecule has 0 saturated heterocycles. The third-order valence-electron chi connectivity index (χ3n) is 4.04. The quantitative estimate of drug-likeness (QED) is 0.703. The van der Waals surface area contributed by atoms with Crippen molar-refractivity contribution in [1.29, 1.82) is 5.26 Å². The maximum absolute atomic E-state index is 12.6. The van der Waals surface area contributed by atoms with Crippen LogP contribution in [0, 0.1) is 11.3 Å².